The first-order chi connectivity index (χ1) is 37.9. The number of nitrogens with zero attached hydrogens (tertiary/aromatic N) is 4. The number of halogens is 1. The summed E-state index contributed by atoms with van der Waals surface area (Å²) in [7, 11) is 3.71. The van der Waals surface area contributed by atoms with Gasteiger partial charge in [-0.25, -0.2) is 0 Å². The number of aromatic nitrogens is 2. The average molecular weight is 1110 g/mol. The lowest BCUT2D eigenvalue weighted by atomic mass is 9.69. The predicted octanol–water partition coefficient (Wildman–Crippen LogP) is 11.5. The maximum absolute atomic E-state index is 13.1. The Morgan fingerprint density at radius 1 is 0.859 bits per heavy atom. The van der Waals surface area contributed by atoms with Crippen LogP contribution >= 0.6 is 23.4 Å². The Labute approximate surface area is 476 Å². The van der Waals surface area contributed by atoms with E-state index in [4.69, 9.17) is 22.3 Å². The standard InChI is InChI=1S/C26H28ClN3O.C15H29N3.C13H16N2OS.C6H11NO.C2H6.CH5N/c1-29-14-10-17(11-15-29)18-8-9-19-22(16-18)30-21-7-5-6-20(27)23(21)24(31)28-25(30)26(19)12-3-2-4-13-26;1-12(13-7-9-17-10-8-13)18-11-15(16)14-5-3-2-4-6-14;1-9(14-7-16)11-3-5-12(6-4-11)13-10(2)15-8-17-13;1-6-3-2-4-7(6)5-8;2*1-2/h5-9,16-17H,2-4,10-15H2,1H3;11-14,17-18H,2-10,16H2,1H3;3-7,9,15H,8H2,1-2H3,(H,14,16);5-6H,2-4H2,1H3;1-2H3;2H2,1H3/b;15-11-;;;;/t;;9-;;;/m..0.../s1. The SMILES string of the molecule is CC.CC(N/C=C(\N)C1CCCCC1)C1CCNCC1.CC1=C(c2ccc([C@H](C)NC=O)cc2)SCN1.CC1CCCN1C=O.CN.CN1CCC(c2ccc3c(c2)-n2c(nc(=O)c4c(Cl)cccc42)C32CCCCC2)CC1. The molecule has 3 aromatic carbocycles. The van der Waals surface area contributed by atoms with Gasteiger partial charge in [-0.15, -0.1) is 11.8 Å². The second kappa shape index (κ2) is 31.2. The van der Waals surface area contributed by atoms with Crippen LogP contribution in [-0.4, -0.2) is 97.0 Å². The Kier molecular flexibility index (Phi) is 25.0. The third-order valence-electron chi connectivity index (χ3n) is 17.3. The van der Waals surface area contributed by atoms with Crippen LogP contribution in [0.4, 0.5) is 0 Å². The largest absolute Gasteiger partial charge is 0.401 e. The quantitative estimate of drug-likeness (QED) is 0.0834. The summed E-state index contributed by atoms with van der Waals surface area (Å²) in [5, 5.41) is 14.0. The lowest BCUT2D eigenvalue weighted by molar-refractivity contribution is -0.118. The van der Waals surface area contributed by atoms with Crippen molar-refractivity contribution in [3.8, 4) is 5.69 Å². The first-order valence-corrected chi connectivity index (χ1v) is 30.9. The highest BCUT2D eigenvalue weighted by atomic mass is 35.5. The topological polar surface area (TPSA) is 176 Å². The summed E-state index contributed by atoms with van der Waals surface area (Å²) in [6.45, 7) is 18.0. The molecule has 428 valence electrons. The number of piperidine rings is 2. The summed E-state index contributed by atoms with van der Waals surface area (Å²) >= 11 is 8.30. The van der Waals surface area contributed by atoms with E-state index in [1.54, 1.807) is 6.07 Å². The summed E-state index contributed by atoms with van der Waals surface area (Å²) in [4.78, 5) is 43.9. The van der Waals surface area contributed by atoms with Crippen molar-refractivity contribution in [2.24, 2.45) is 23.3 Å². The van der Waals surface area contributed by atoms with Crippen LogP contribution in [0.1, 0.15) is 184 Å². The molecule has 11 rings (SSSR count). The van der Waals surface area contributed by atoms with Gasteiger partial charge in [0.2, 0.25) is 12.8 Å². The highest BCUT2D eigenvalue weighted by Gasteiger charge is 2.46. The summed E-state index contributed by atoms with van der Waals surface area (Å²) in [5.41, 5.74) is 19.9. The van der Waals surface area contributed by atoms with Crippen LogP contribution in [-0.2, 0) is 15.0 Å². The Balaban J connectivity index is 0.000000180. The minimum Gasteiger partial charge on any atom is -0.401 e. The summed E-state index contributed by atoms with van der Waals surface area (Å²) in [6.07, 6.45) is 23.5. The zero-order valence-electron chi connectivity index (χ0n) is 48.5. The number of carbonyl (C=O) groups is 2. The molecular formula is C63H95ClN10O3S. The Hall–Kier alpha value is -4.86. The molecule has 2 aliphatic carbocycles. The van der Waals surface area contributed by atoms with Gasteiger partial charge in [0.05, 0.1) is 38.9 Å². The highest BCUT2D eigenvalue weighted by Crippen LogP contribution is 2.52. The van der Waals surface area contributed by atoms with E-state index in [0.29, 0.717) is 34.3 Å². The van der Waals surface area contributed by atoms with E-state index in [-0.39, 0.29) is 17.0 Å². The van der Waals surface area contributed by atoms with E-state index in [9.17, 15) is 14.4 Å². The van der Waals surface area contributed by atoms with Gasteiger partial charge >= 0.3 is 0 Å². The van der Waals surface area contributed by atoms with Crippen molar-refractivity contribution in [3.63, 3.8) is 0 Å². The molecule has 5 fully saturated rings. The van der Waals surface area contributed by atoms with E-state index < -0.39 is 0 Å². The van der Waals surface area contributed by atoms with Gasteiger partial charge in [0.1, 0.15) is 5.82 Å². The number of fused-ring (bicyclic) bond motifs is 7. The number of benzene rings is 3. The molecule has 7 aliphatic rings. The number of thioether (sulfide) groups is 1. The molecule has 0 bridgehead atoms. The van der Waals surface area contributed by atoms with Crippen molar-refractivity contribution in [2.75, 3.05) is 52.7 Å². The van der Waals surface area contributed by atoms with Crippen molar-refractivity contribution < 1.29 is 9.59 Å². The van der Waals surface area contributed by atoms with Gasteiger partial charge in [-0.05, 0) is 190 Å². The van der Waals surface area contributed by atoms with Crippen LogP contribution in [0.15, 0.2) is 83.1 Å². The van der Waals surface area contributed by atoms with E-state index in [1.165, 1.54) is 143 Å². The molecule has 2 unspecified atom stereocenters. The minimum atomic E-state index is -0.194. The normalized spacial score (nSPS) is 21.0. The molecule has 78 heavy (non-hydrogen) atoms. The van der Waals surface area contributed by atoms with E-state index in [2.05, 4.69) is 113 Å². The van der Waals surface area contributed by atoms with Crippen molar-refractivity contribution in [1.82, 2.24) is 40.6 Å². The second-order valence-corrected chi connectivity index (χ2v) is 23.5. The Morgan fingerprint density at radius 2 is 1.54 bits per heavy atom. The Morgan fingerprint density at radius 3 is 2.14 bits per heavy atom. The van der Waals surface area contributed by atoms with Gasteiger partial charge in [0.15, 0.2) is 0 Å². The number of amides is 2. The van der Waals surface area contributed by atoms with Gasteiger partial charge in [-0.3, -0.25) is 19.0 Å². The summed E-state index contributed by atoms with van der Waals surface area (Å²) in [5.74, 6) is 3.90. The van der Waals surface area contributed by atoms with Gasteiger partial charge in [0.25, 0.3) is 5.56 Å². The van der Waals surface area contributed by atoms with Crippen molar-refractivity contribution in [1.29, 1.82) is 0 Å². The average Bonchev–Trinajstić information content (AvgIpc) is 4.26. The smallest absolute Gasteiger partial charge is 0.282 e. The molecule has 13 nitrogen and oxygen atoms in total. The maximum atomic E-state index is 13.1. The number of rotatable bonds is 10. The van der Waals surface area contributed by atoms with Crippen molar-refractivity contribution >= 4 is 52.0 Å². The number of hydrogen-bond acceptors (Lipinski definition) is 11. The number of likely N-dealkylation sites (tertiary alicyclic amines) is 2. The molecule has 1 aromatic heterocycles. The predicted molar refractivity (Wildman–Crippen MR) is 328 cm³/mol. The van der Waals surface area contributed by atoms with E-state index in [1.807, 2.05) is 49.6 Å². The number of nitrogens with one attached hydrogen (secondary N) is 4. The fraction of sp³-hybridized carbons (Fsp3) is 0.587. The maximum Gasteiger partial charge on any atom is 0.282 e. The first-order valence-electron chi connectivity index (χ1n) is 29.6. The zero-order valence-corrected chi connectivity index (χ0v) is 50.1. The third-order valence-corrected chi connectivity index (χ3v) is 18.7. The molecule has 15 heteroatoms. The van der Waals surface area contributed by atoms with Crippen molar-refractivity contribution in [3.05, 3.63) is 122 Å². The molecule has 8 N–H and O–H groups in total. The van der Waals surface area contributed by atoms with Crippen LogP contribution in [0.3, 0.4) is 0 Å². The van der Waals surface area contributed by atoms with Crippen LogP contribution in [0.25, 0.3) is 21.5 Å². The second-order valence-electron chi connectivity index (χ2n) is 22.1. The fourth-order valence-electron chi connectivity index (χ4n) is 12.5. The first kappa shape index (κ1) is 62.3. The third kappa shape index (κ3) is 15.5. The van der Waals surface area contributed by atoms with Crippen LogP contribution in [0.5, 0.6) is 0 Å². The molecule has 2 amide bonds. The molecule has 5 aliphatic heterocycles. The van der Waals surface area contributed by atoms with Crippen molar-refractivity contribution in [2.45, 2.75) is 174 Å². The molecule has 3 saturated heterocycles. The molecule has 3 atom stereocenters. The minimum absolute atomic E-state index is 0.0611. The molecule has 6 heterocycles. The highest BCUT2D eigenvalue weighted by molar-refractivity contribution is 8.08. The summed E-state index contributed by atoms with van der Waals surface area (Å²) in [6, 6.07) is 22.3. The Bertz CT molecular complexity index is 2630. The van der Waals surface area contributed by atoms with Gasteiger partial charge in [-0.2, -0.15) is 4.98 Å². The van der Waals surface area contributed by atoms with E-state index in [0.717, 1.165) is 79.7 Å². The fourth-order valence-corrected chi connectivity index (χ4v) is 13.8. The number of carbonyl (C=O) groups excluding carboxylic acids is 2. The van der Waals surface area contributed by atoms with Gasteiger partial charge < -0.3 is 42.5 Å². The van der Waals surface area contributed by atoms with Crippen LogP contribution in [0, 0.1) is 11.8 Å². The zero-order chi connectivity index (χ0) is 56.2. The summed E-state index contributed by atoms with van der Waals surface area (Å²) < 4.78 is 2.27. The lowest BCUT2D eigenvalue weighted by Crippen LogP contribution is -2.38. The van der Waals surface area contributed by atoms with E-state index >= 15 is 0 Å². The number of nitrogens with two attached hydrogens (primary N) is 2. The van der Waals surface area contributed by atoms with Crippen LogP contribution < -0.4 is 38.3 Å². The molecule has 2 saturated carbocycles. The molecular weight excluding hydrogens is 1010 g/mol. The monoisotopic (exact) mass is 1110 g/mol. The van der Waals surface area contributed by atoms with Crippen LogP contribution in [0.2, 0.25) is 5.02 Å². The van der Waals surface area contributed by atoms with Gasteiger partial charge in [-0.1, -0.05) is 106 Å². The molecule has 0 radical (unpaired) electrons. The molecule has 4 aromatic rings. The van der Waals surface area contributed by atoms with Gasteiger partial charge in [0, 0.05) is 41.1 Å². The molecule has 1 spiro atoms. The number of hydrogen-bond donors (Lipinski definition) is 6. The number of allylic oxidation sites excluding steroid dienone is 2. The lowest BCUT2D eigenvalue weighted by Gasteiger charge is -2.34.